The largest absolute Gasteiger partial charge is 0.378 e. The first-order chi connectivity index (χ1) is 11.9. The number of nitrogens with zero attached hydrogens (tertiary/aromatic N) is 2. The number of hydrogen-bond donors (Lipinski definition) is 0. The number of ether oxygens (including phenoxy) is 1. The van der Waals surface area contributed by atoms with Crippen LogP contribution in [-0.2, 0) is 4.74 Å². The van der Waals surface area contributed by atoms with Gasteiger partial charge in [-0.2, -0.15) is 0 Å². The first-order valence-electron chi connectivity index (χ1n) is 8.36. The number of para-hydroxylation sites is 1. The fourth-order valence-electron chi connectivity index (χ4n) is 3.03. The van der Waals surface area contributed by atoms with Crippen LogP contribution < -0.4 is 4.90 Å². The number of aromatic nitrogens is 1. The Morgan fingerprint density at radius 1 is 0.875 bits per heavy atom. The topological polar surface area (TPSA) is 25.4 Å². The second kappa shape index (κ2) is 6.85. The van der Waals surface area contributed by atoms with E-state index in [1.165, 1.54) is 16.5 Å². The quantitative estimate of drug-likeness (QED) is 0.722. The van der Waals surface area contributed by atoms with Crippen LogP contribution in [0.3, 0.4) is 0 Å². The molecule has 1 aliphatic rings. The normalized spacial score (nSPS) is 15.2. The van der Waals surface area contributed by atoms with Gasteiger partial charge in [-0.25, -0.2) is 4.98 Å². The van der Waals surface area contributed by atoms with Crippen molar-refractivity contribution in [3.05, 3.63) is 71.8 Å². The summed E-state index contributed by atoms with van der Waals surface area (Å²) >= 11 is 0. The third-order valence-electron chi connectivity index (χ3n) is 4.32. The molecule has 0 N–H and O–H groups in total. The molecule has 1 saturated heterocycles. The van der Waals surface area contributed by atoms with Crippen LogP contribution in [0.15, 0.2) is 60.7 Å². The van der Waals surface area contributed by atoms with Crippen molar-refractivity contribution in [3.63, 3.8) is 0 Å². The Morgan fingerprint density at radius 2 is 1.62 bits per heavy atom. The molecule has 3 aromatic rings. The molecule has 120 valence electrons. The number of anilines is 1. The lowest BCUT2D eigenvalue weighted by molar-refractivity contribution is 0.122. The molecule has 0 amide bonds. The van der Waals surface area contributed by atoms with Crippen LogP contribution in [0.4, 0.5) is 5.82 Å². The molecule has 0 saturated carbocycles. The lowest BCUT2D eigenvalue weighted by Crippen LogP contribution is -2.36. The zero-order chi connectivity index (χ0) is 16.2. The summed E-state index contributed by atoms with van der Waals surface area (Å²) in [6, 6.07) is 20.9. The number of fused-ring (bicyclic) bond motifs is 1. The summed E-state index contributed by atoms with van der Waals surface area (Å²) in [6.07, 6.45) is 4.34. The SMILES string of the molecule is C(=C\c1cc(N2CCOCC2)nc2ccccc12)/c1ccccc1. The fourth-order valence-corrected chi connectivity index (χ4v) is 3.03. The summed E-state index contributed by atoms with van der Waals surface area (Å²) in [5.41, 5.74) is 3.44. The Morgan fingerprint density at radius 3 is 2.46 bits per heavy atom. The van der Waals surface area contributed by atoms with Crippen molar-refractivity contribution in [2.75, 3.05) is 31.2 Å². The van der Waals surface area contributed by atoms with Crippen molar-refractivity contribution in [3.8, 4) is 0 Å². The minimum Gasteiger partial charge on any atom is -0.378 e. The second-order valence-electron chi connectivity index (χ2n) is 5.93. The summed E-state index contributed by atoms with van der Waals surface area (Å²) in [7, 11) is 0. The van der Waals surface area contributed by atoms with Gasteiger partial charge in [0.2, 0.25) is 0 Å². The molecule has 0 spiro atoms. The van der Waals surface area contributed by atoms with Gasteiger partial charge in [-0.3, -0.25) is 0 Å². The monoisotopic (exact) mass is 316 g/mol. The maximum Gasteiger partial charge on any atom is 0.130 e. The molecule has 4 rings (SSSR count). The van der Waals surface area contributed by atoms with Crippen molar-refractivity contribution < 1.29 is 4.74 Å². The van der Waals surface area contributed by atoms with Crippen LogP contribution >= 0.6 is 0 Å². The maximum atomic E-state index is 5.46. The van der Waals surface area contributed by atoms with E-state index in [-0.39, 0.29) is 0 Å². The molecule has 2 aromatic carbocycles. The minimum absolute atomic E-state index is 0.768. The van der Waals surface area contributed by atoms with Crippen molar-refractivity contribution in [1.82, 2.24) is 4.98 Å². The van der Waals surface area contributed by atoms with E-state index in [2.05, 4.69) is 65.6 Å². The highest BCUT2D eigenvalue weighted by Crippen LogP contribution is 2.25. The van der Waals surface area contributed by atoms with Gasteiger partial charge in [0.25, 0.3) is 0 Å². The molecule has 0 atom stereocenters. The van der Waals surface area contributed by atoms with Crippen molar-refractivity contribution in [2.45, 2.75) is 0 Å². The molecule has 0 aliphatic carbocycles. The molecule has 1 fully saturated rings. The average molecular weight is 316 g/mol. The zero-order valence-electron chi connectivity index (χ0n) is 13.6. The molecule has 0 radical (unpaired) electrons. The van der Waals surface area contributed by atoms with E-state index in [1.807, 2.05) is 12.1 Å². The van der Waals surface area contributed by atoms with Gasteiger partial charge in [0.15, 0.2) is 0 Å². The van der Waals surface area contributed by atoms with Crippen molar-refractivity contribution in [1.29, 1.82) is 0 Å². The smallest absolute Gasteiger partial charge is 0.130 e. The minimum atomic E-state index is 0.768. The van der Waals surface area contributed by atoms with Gasteiger partial charge in [0.05, 0.1) is 18.7 Å². The zero-order valence-corrected chi connectivity index (χ0v) is 13.6. The number of benzene rings is 2. The molecule has 2 heterocycles. The molecule has 1 aliphatic heterocycles. The van der Waals surface area contributed by atoms with E-state index in [0.717, 1.165) is 37.6 Å². The van der Waals surface area contributed by atoms with Crippen LogP contribution in [0.25, 0.3) is 23.1 Å². The highest BCUT2D eigenvalue weighted by molar-refractivity contribution is 5.92. The van der Waals surface area contributed by atoms with Crippen molar-refractivity contribution >= 4 is 28.9 Å². The van der Waals surface area contributed by atoms with E-state index in [4.69, 9.17) is 9.72 Å². The summed E-state index contributed by atoms with van der Waals surface area (Å²) in [4.78, 5) is 7.15. The summed E-state index contributed by atoms with van der Waals surface area (Å²) in [5.74, 6) is 1.03. The van der Waals surface area contributed by atoms with Gasteiger partial charge in [-0.15, -0.1) is 0 Å². The molecule has 0 unspecified atom stereocenters. The highest BCUT2D eigenvalue weighted by atomic mass is 16.5. The Kier molecular flexibility index (Phi) is 4.26. The Balaban J connectivity index is 1.76. The predicted octanol–water partition coefficient (Wildman–Crippen LogP) is 4.24. The van der Waals surface area contributed by atoms with E-state index in [0.29, 0.717) is 0 Å². The van der Waals surface area contributed by atoms with E-state index in [9.17, 15) is 0 Å². The Bertz CT molecular complexity index is 852. The van der Waals surface area contributed by atoms with E-state index in [1.54, 1.807) is 0 Å². The summed E-state index contributed by atoms with van der Waals surface area (Å²) < 4.78 is 5.46. The lowest BCUT2D eigenvalue weighted by Gasteiger charge is -2.28. The van der Waals surface area contributed by atoms with Gasteiger partial charge in [0.1, 0.15) is 5.82 Å². The van der Waals surface area contributed by atoms with Crippen molar-refractivity contribution in [2.24, 2.45) is 0 Å². The first kappa shape index (κ1) is 14.9. The van der Waals surface area contributed by atoms with Gasteiger partial charge in [0, 0.05) is 18.5 Å². The van der Waals surface area contributed by atoms with Gasteiger partial charge in [-0.05, 0) is 23.3 Å². The maximum absolute atomic E-state index is 5.46. The van der Waals surface area contributed by atoms with Crippen LogP contribution in [0, 0.1) is 0 Å². The van der Waals surface area contributed by atoms with Crippen LogP contribution in [-0.4, -0.2) is 31.3 Å². The van der Waals surface area contributed by atoms with Crippen LogP contribution in [0.2, 0.25) is 0 Å². The molecule has 1 aromatic heterocycles. The molecule has 3 heteroatoms. The number of morpholine rings is 1. The molecule has 0 bridgehead atoms. The molecular weight excluding hydrogens is 296 g/mol. The van der Waals surface area contributed by atoms with Gasteiger partial charge >= 0.3 is 0 Å². The van der Waals surface area contributed by atoms with Gasteiger partial charge in [-0.1, -0.05) is 60.7 Å². The standard InChI is InChI=1S/C21H20N2O/c1-2-6-17(7-3-1)10-11-18-16-21(23-12-14-24-15-13-23)22-20-9-5-4-8-19(18)20/h1-11,16H,12-15H2/b11-10+. The van der Waals surface area contributed by atoms with Crippen LogP contribution in [0.5, 0.6) is 0 Å². The summed E-state index contributed by atoms with van der Waals surface area (Å²) in [5, 5.41) is 1.18. The average Bonchev–Trinajstić information content (AvgIpc) is 2.67. The lowest BCUT2D eigenvalue weighted by atomic mass is 10.1. The number of pyridine rings is 1. The number of rotatable bonds is 3. The second-order valence-corrected chi connectivity index (χ2v) is 5.93. The highest BCUT2D eigenvalue weighted by Gasteiger charge is 2.14. The predicted molar refractivity (Wildman–Crippen MR) is 100 cm³/mol. The van der Waals surface area contributed by atoms with E-state index < -0.39 is 0 Å². The Labute approximate surface area is 142 Å². The first-order valence-corrected chi connectivity index (χ1v) is 8.36. The Hall–Kier alpha value is -2.65. The van der Waals surface area contributed by atoms with Gasteiger partial charge < -0.3 is 9.64 Å². The molecule has 3 nitrogen and oxygen atoms in total. The third kappa shape index (κ3) is 3.17. The molecule has 24 heavy (non-hydrogen) atoms. The fraction of sp³-hybridized carbons (Fsp3) is 0.190. The van der Waals surface area contributed by atoms with E-state index >= 15 is 0 Å². The number of hydrogen-bond acceptors (Lipinski definition) is 3. The van der Waals surface area contributed by atoms with Crippen LogP contribution in [0.1, 0.15) is 11.1 Å². The summed E-state index contributed by atoms with van der Waals surface area (Å²) in [6.45, 7) is 3.33. The third-order valence-corrected chi connectivity index (χ3v) is 4.32. The molecular formula is C21H20N2O.